The van der Waals surface area contributed by atoms with Crippen molar-refractivity contribution >= 4 is 17.7 Å². The summed E-state index contributed by atoms with van der Waals surface area (Å²) < 4.78 is 0. The molecule has 1 aromatic rings. The van der Waals surface area contributed by atoms with Gasteiger partial charge in [-0.25, -0.2) is 9.59 Å². The predicted octanol–water partition coefficient (Wildman–Crippen LogP) is 2.64. The number of amides is 4. The zero-order valence-electron chi connectivity index (χ0n) is 16.3. The second kappa shape index (κ2) is 9.08. The van der Waals surface area contributed by atoms with Gasteiger partial charge in [0.25, 0.3) is 0 Å². The third-order valence-corrected chi connectivity index (χ3v) is 5.01. The molecule has 0 unspecified atom stereocenters. The smallest absolute Gasteiger partial charge is 0.319 e. The summed E-state index contributed by atoms with van der Waals surface area (Å²) in [6, 6.07) is 8.32. The molecule has 27 heavy (non-hydrogen) atoms. The van der Waals surface area contributed by atoms with Gasteiger partial charge in [-0.2, -0.15) is 0 Å². The van der Waals surface area contributed by atoms with E-state index in [4.69, 9.17) is 0 Å². The summed E-state index contributed by atoms with van der Waals surface area (Å²) in [4.78, 5) is 26.4. The van der Waals surface area contributed by atoms with Crippen molar-refractivity contribution in [1.29, 1.82) is 0 Å². The summed E-state index contributed by atoms with van der Waals surface area (Å²) >= 11 is 0. The second-order valence-corrected chi connectivity index (χ2v) is 7.82. The van der Waals surface area contributed by atoms with Crippen molar-refractivity contribution in [3.05, 3.63) is 29.8 Å². The van der Waals surface area contributed by atoms with E-state index in [1.54, 1.807) is 0 Å². The minimum atomic E-state index is -0.219. The molecule has 1 saturated heterocycles. The maximum Gasteiger partial charge on any atom is 0.319 e. The van der Waals surface area contributed by atoms with Crippen LogP contribution < -0.4 is 21.3 Å². The SMILES string of the molecule is CC(C)NC(=O)Nc1ccc(CNC(=O)NC2CCN(C3CC3)CC2)cc1. The Hall–Kier alpha value is -2.28. The van der Waals surface area contributed by atoms with Crippen molar-refractivity contribution in [3.63, 3.8) is 0 Å². The summed E-state index contributed by atoms with van der Waals surface area (Å²) in [6.07, 6.45) is 4.75. The molecule has 4 N–H and O–H groups in total. The third-order valence-electron chi connectivity index (χ3n) is 5.01. The van der Waals surface area contributed by atoms with Gasteiger partial charge in [0, 0.05) is 43.4 Å². The summed E-state index contributed by atoms with van der Waals surface area (Å²) in [5.74, 6) is 0. The molecule has 7 heteroatoms. The van der Waals surface area contributed by atoms with Gasteiger partial charge in [0.15, 0.2) is 0 Å². The average Bonchev–Trinajstić information content (AvgIpc) is 3.46. The average molecular weight is 374 g/mol. The predicted molar refractivity (Wildman–Crippen MR) is 107 cm³/mol. The molecule has 1 saturated carbocycles. The largest absolute Gasteiger partial charge is 0.336 e. The number of anilines is 1. The Morgan fingerprint density at radius 2 is 1.70 bits per heavy atom. The third kappa shape index (κ3) is 6.43. The first-order valence-corrected chi connectivity index (χ1v) is 9.94. The maximum atomic E-state index is 12.1. The number of rotatable bonds is 6. The molecule has 0 aromatic heterocycles. The van der Waals surface area contributed by atoms with E-state index in [2.05, 4.69) is 26.2 Å². The summed E-state index contributed by atoms with van der Waals surface area (Å²) in [5.41, 5.74) is 1.72. The number of piperidine rings is 1. The number of hydrogen-bond donors (Lipinski definition) is 4. The molecular formula is C20H31N5O2. The first-order valence-electron chi connectivity index (χ1n) is 9.94. The van der Waals surface area contributed by atoms with Crippen LogP contribution in [-0.2, 0) is 6.54 Å². The number of carbonyl (C=O) groups excluding carboxylic acids is 2. The second-order valence-electron chi connectivity index (χ2n) is 7.82. The van der Waals surface area contributed by atoms with Gasteiger partial charge >= 0.3 is 12.1 Å². The number of hydrogen-bond acceptors (Lipinski definition) is 3. The highest BCUT2D eigenvalue weighted by Gasteiger charge is 2.32. The van der Waals surface area contributed by atoms with Crippen molar-refractivity contribution in [1.82, 2.24) is 20.9 Å². The first kappa shape index (κ1) is 19.5. The summed E-state index contributed by atoms with van der Waals surface area (Å²) in [5, 5.41) is 11.6. The molecule has 0 spiro atoms. The van der Waals surface area contributed by atoms with Gasteiger partial charge in [0.05, 0.1) is 0 Å². The molecule has 7 nitrogen and oxygen atoms in total. The molecule has 0 atom stereocenters. The fraction of sp³-hybridized carbons (Fsp3) is 0.600. The van der Waals surface area contributed by atoms with Crippen molar-refractivity contribution in [2.75, 3.05) is 18.4 Å². The van der Waals surface area contributed by atoms with E-state index < -0.39 is 0 Å². The van der Waals surface area contributed by atoms with Crippen LogP contribution in [0.1, 0.15) is 45.1 Å². The monoisotopic (exact) mass is 373 g/mol. The lowest BCUT2D eigenvalue weighted by molar-refractivity contribution is 0.186. The maximum absolute atomic E-state index is 12.1. The van der Waals surface area contributed by atoms with Crippen LogP contribution in [0.15, 0.2) is 24.3 Å². The standard InChI is InChI=1S/C20H31N5O2/c1-14(2)22-20(27)24-16-5-3-15(4-6-16)13-21-19(26)23-17-9-11-25(12-10-17)18-7-8-18/h3-6,14,17-18H,7-13H2,1-2H3,(H2,21,23,26)(H2,22,24,27). The zero-order valence-corrected chi connectivity index (χ0v) is 16.3. The van der Waals surface area contributed by atoms with Crippen molar-refractivity contribution in [3.8, 4) is 0 Å². The van der Waals surface area contributed by atoms with E-state index in [1.807, 2.05) is 38.1 Å². The first-order chi connectivity index (χ1) is 13.0. The Morgan fingerprint density at radius 3 is 2.30 bits per heavy atom. The Balaban J connectivity index is 1.35. The van der Waals surface area contributed by atoms with Crippen molar-refractivity contribution < 1.29 is 9.59 Å². The molecule has 1 aliphatic heterocycles. The number of nitrogens with zero attached hydrogens (tertiary/aromatic N) is 1. The molecule has 3 rings (SSSR count). The van der Waals surface area contributed by atoms with E-state index in [1.165, 1.54) is 12.8 Å². The number of benzene rings is 1. The highest BCUT2D eigenvalue weighted by molar-refractivity contribution is 5.89. The minimum absolute atomic E-state index is 0.0907. The van der Waals surface area contributed by atoms with Crippen molar-refractivity contribution in [2.45, 2.75) is 64.2 Å². The van der Waals surface area contributed by atoms with E-state index >= 15 is 0 Å². The molecule has 2 fully saturated rings. The molecular weight excluding hydrogens is 342 g/mol. The quantitative estimate of drug-likeness (QED) is 0.618. The van der Waals surface area contributed by atoms with Crippen LogP contribution in [0.5, 0.6) is 0 Å². The van der Waals surface area contributed by atoms with Gasteiger partial charge in [0.2, 0.25) is 0 Å². The van der Waals surface area contributed by atoms with Crippen LogP contribution in [0.3, 0.4) is 0 Å². The number of likely N-dealkylation sites (tertiary alicyclic amines) is 1. The topological polar surface area (TPSA) is 85.5 Å². The Kier molecular flexibility index (Phi) is 6.55. The van der Waals surface area contributed by atoms with Gasteiger partial charge in [-0.05, 0) is 57.2 Å². The molecule has 1 aliphatic carbocycles. The van der Waals surface area contributed by atoms with Crippen LogP contribution in [0.4, 0.5) is 15.3 Å². The number of nitrogens with one attached hydrogen (secondary N) is 4. The lowest BCUT2D eigenvalue weighted by Gasteiger charge is -2.32. The molecule has 1 aromatic carbocycles. The van der Waals surface area contributed by atoms with Gasteiger partial charge < -0.3 is 26.2 Å². The zero-order chi connectivity index (χ0) is 19.2. The molecule has 1 heterocycles. The Morgan fingerprint density at radius 1 is 1.04 bits per heavy atom. The van der Waals surface area contributed by atoms with Gasteiger partial charge in [0.1, 0.15) is 0 Å². The lowest BCUT2D eigenvalue weighted by atomic mass is 10.1. The minimum Gasteiger partial charge on any atom is -0.336 e. The molecule has 148 valence electrons. The van der Waals surface area contributed by atoms with E-state index in [-0.39, 0.29) is 24.1 Å². The number of carbonyl (C=O) groups is 2. The fourth-order valence-corrected chi connectivity index (χ4v) is 3.40. The highest BCUT2D eigenvalue weighted by atomic mass is 16.2. The van der Waals surface area contributed by atoms with Crippen LogP contribution in [0, 0.1) is 0 Å². The summed E-state index contributed by atoms with van der Waals surface area (Å²) in [6.45, 7) is 6.47. The van der Waals surface area contributed by atoms with Gasteiger partial charge in [-0.15, -0.1) is 0 Å². The summed E-state index contributed by atoms with van der Waals surface area (Å²) in [7, 11) is 0. The van der Waals surface area contributed by atoms with Crippen LogP contribution in [-0.4, -0.2) is 48.2 Å². The Labute approximate surface area is 161 Å². The Bertz CT molecular complexity index is 634. The lowest BCUT2D eigenvalue weighted by Crippen LogP contribution is -2.48. The number of urea groups is 2. The molecule has 0 bridgehead atoms. The van der Waals surface area contributed by atoms with E-state index in [9.17, 15) is 9.59 Å². The van der Waals surface area contributed by atoms with Crippen LogP contribution in [0.25, 0.3) is 0 Å². The molecule has 0 radical (unpaired) electrons. The fourth-order valence-electron chi connectivity index (χ4n) is 3.40. The van der Waals surface area contributed by atoms with Gasteiger partial charge in [-0.3, -0.25) is 0 Å². The van der Waals surface area contributed by atoms with Crippen LogP contribution >= 0.6 is 0 Å². The van der Waals surface area contributed by atoms with E-state index in [0.29, 0.717) is 6.54 Å². The normalized spacial score (nSPS) is 18.2. The van der Waals surface area contributed by atoms with Gasteiger partial charge in [-0.1, -0.05) is 12.1 Å². The molecule has 2 aliphatic rings. The van der Waals surface area contributed by atoms with E-state index in [0.717, 1.165) is 43.2 Å². The molecule has 4 amide bonds. The van der Waals surface area contributed by atoms with Crippen LogP contribution in [0.2, 0.25) is 0 Å². The highest BCUT2D eigenvalue weighted by Crippen LogP contribution is 2.29. The van der Waals surface area contributed by atoms with Crippen molar-refractivity contribution in [2.24, 2.45) is 0 Å².